The van der Waals surface area contributed by atoms with E-state index in [0.717, 1.165) is 15.3 Å². The average molecular weight is 318 g/mol. The first kappa shape index (κ1) is 14.2. The Morgan fingerprint density at radius 1 is 1.33 bits per heavy atom. The predicted molar refractivity (Wildman–Crippen MR) is 86.7 cm³/mol. The molecule has 0 aromatic carbocycles. The molecule has 0 spiro atoms. The van der Waals surface area contributed by atoms with Gasteiger partial charge in [-0.2, -0.15) is 0 Å². The summed E-state index contributed by atoms with van der Waals surface area (Å²) < 4.78 is 1.48. The molecule has 4 nitrogen and oxygen atoms in total. The van der Waals surface area contributed by atoms with Crippen LogP contribution in [0.1, 0.15) is 25.9 Å². The normalized spacial score (nSPS) is 11.2. The standard InChI is InChI=1S/C15H14N2O2S2/c1-8-9(2)21-14-13(8)15(19)17(10(3)16-14)7-11(18)12-5-4-6-20-12/h4-6H,7H2,1-3H3. The Morgan fingerprint density at radius 2 is 2.10 bits per heavy atom. The second-order valence-corrected chi connectivity index (χ2v) is 7.07. The maximum absolute atomic E-state index is 12.7. The van der Waals surface area contributed by atoms with Gasteiger partial charge in [0.05, 0.1) is 16.8 Å². The molecule has 0 aliphatic carbocycles. The molecule has 0 saturated heterocycles. The first-order valence-electron chi connectivity index (χ1n) is 6.53. The summed E-state index contributed by atoms with van der Waals surface area (Å²) in [6.45, 7) is 5.73. The van der Waals surface area contributed by atoms with Crippen LogP contribution >= 0.6 is 22.7 Å². The number of thiophene rings is 2. The van der Waals surface area contributed by atoms with Crippen LogP contribution in [0.25, 0.3) is 10.2 Å². The molecule has 0 atom stereocenters. The number of rotatable bonds is 3. The molecule has 0 fully saturated rings. The number of nitrogens with zero attached hydrogens (tertiary/aromatic N) is 2. The zero-order chi connectivity index (χ0) is 15.1. The minimum absolute atomic E-state index is 0.0441. The maximum atomic E-state index is 12.7. The summed E-state index contributed by atoms with van der Waals surface area (Å²) in [4.78, 5) is 31.9. The summed E-state index contributed by atoms with van der Waals surface area (Å²) in [7, 11) is 0. The molecule has 3 heterocycles. The van der Waals surface area contributed by atoms with Crippen molar-refractivity contribution in [1.29, 1.82) is 0 Å². The summed E-state index contributed by atoms with van der Waals surface area (Å²) in [5.74, 6) is 0.527. The van der Waals surface area contributed by atoms with E-state index in [1.807, 2.05) is 25.3 Å². The fourth-order valence-corrected chi connectivity index (χ4v) is 4.00. The van der Waals surface area contributed by atoms with Gasteiger partial charge in [0.2, 0.25) is 0 Å². The highest BCUT2D eigenvalue weighted by Crippen LogP contribution is 2.26. The van der Waals surface area contributed by atoms with E-state index in [-0.39, 0.29) is 17.9 Å². The lowest BCUT2D eigenvalue weighted by molar-refractivity contribution is 0.0973. The zero-order valence-corrected chi connectivity index (χ0v) is 13.6. The minimum atomic E-state index is -0.121. The summed E-state index contributed by atoms with van der Waals surface area (Å²) >= 11 is 2.91. The number of hydrogen-bond donors (Lipinski definition) is 0. The Balaban J connectivity index is 2.12. The summed E-state index contributed by atoms with van der Waals surface area (Å²) in [5, 5.41) is 2.50. The molecular formula is C15H14N2O2S2. The average Bonchev–Trinajstić information content (AvgIpc) is 3.04. The largest absolute Gasteiger partial charge is 0.291 e. The van der Waals surface area contributed by atoms with Gasteiger partial charge in [0.15, 0.2) is 5.78 Å². The van der Waals surface area contributed by atoms with Crippen LogP contribution < -0.4 is 5.56 Å². The topological polar surface area (TPSA) is 52.0 Å². The molecule has 108 valence electrons. The molecule has 0 radical (unpaired) electrons. The van der Waals surface area contributed by atoms with Crippen LogP contribution in [0.15, 0.2) is 22.3 Å². The molecule has 0 bridgehead atoms. The van der Waals surface area contributed by atoms with Crippen molar-refractivity contribution in [3.05, 3.63) is 49.0 Å². The second kappa shape index (κ2) is 5.20. The molecular weight excluding hydrogens is 304 g/mol. The highest BCUT2D eigenvalue weighted by atomic mass is 32.1. The summed E-state index contributed by atoms with van der Waals surface area (Å²) in [5.41, 5.74) is 0.842. The minimum Gasteiger partial charge on any atom is -0.291 e. The number of aryl methyl sites for hydroxylation is 3. The molecule has 0 aliphatic rings. The second-order valence-electron chi connectivity index (χ2n) is 4.91. The SMILES string of the molecule is Cc1sc2nc(C)n(CC(=O)c3cccs3)c(=O)c2c1C. The van der Waals surface area contributed by atoms with Crippen molar-refractivity contribution in [2.45, 2.75) is 27.3 Å². The van der Waals surface area contributed by atoms with Gasteiger partial charge in [-0.25, -0.2) is 4.98 Å². The molecule has 0 N–H and O–H groups in total. The van der Waals surface area contributed by atoms with Gasteiger partial charge in [0, 0.05) is 4.88 Å². The van der Waals surface area contributed by atoms with Crippen LogP contribution in [0.5, 0.6) is 0 Å². The maximum Gasteiger partial charge on any atom is 0.262 e. The predicted octanol–water partition coefficient (Wildman–Crippen LogP) is 3.33. The first-order valence-corrected chi connectivity index (χ1v) is 8.22. The third kappa shape index (κ3) is 2.34. The lowest BCUT2D eigenvalue weighted by Gasteiger charge is -2.08. The van der Waals surface area contributed by atoms with E-state index >= 15 is 0 Å². The molecule has 3 rings (SSSR count). The van der Waals surface area contributed by atoms with Crippen molar-refractivity contribution in [2.24, 2.45) is 0 Å². The van der Waals surface area contributed by atoms with Crippen molar-refractivity contribution in [3.8, 4) is 0 Å². The fourth-order valence-electron chi connectivity index (χ4n) is 2.27. The lowest BCUT2D eigenvalue weighted by Crippen LogP contribution is -2.27. The van der Waals surface area contributed by atoms with Crippen molar-refractivity contribution in [1.82, 2.24) is 9.55 Å². The third-order valence-corrected chi connectivity index (χ3v) is 5.59. The lowest BCUT2D eigenvalue weighted by atomic mass is 10.2. The number of carbonyl (C=O) groups is 1. The van der Waals surface area contributed by atoms with Crippen molar-refractivity contribution in [2.75, 3.05) is 0 Å². The molecule has 0 amide bonds. The van der Waals surface area contributed by atoms with Crippen LogP contribution in [0, 0.1) is 20.8 Å². The molecule has 0 unspecified atom stereocenters. The van der Waals surface area contributed by atoms with E-state index in [4.69, 9.17) is 0 Å². The van der Waals surface area contributed by atoms with Gasteiger partial charge in [-0.3, -0.25) is 14.2 Å². The number of ketones is 1. The van der Waals surface area contributed by atoms with E-state index in [0.29, 0.717) is 16.1 Å². The fraction of sp³-hybridized carbons (Fsp3) is 0.267. The molecule has 0 aliphatic heterocycles. The van der Waals surface area contributed by atoms with Gasteiger partial charge in [-0.1, -0.05) is 6.07 Å². The van der Waals surface area contributed by atoms with Crippen LogP contribution in [-0.4, -0.2) is 15.3 Å². The first-order chi connectivity index (χ1) is 9.99. The Bertz CT molecular complexity index is 889. The monoisotopic (exact) mass is 318 g/mol. The van der Waals surface area contributed by atoms with E-state index in [1.165, 1.54) is 27.2 Å². The Hall–Kier alpha value is -1.79. The highest BCUT2D eigenvalue weighted by Gasteiger charge is 2.17. The van der Waals surface area contributed by atoms with E-state index in [2.05, 4.69) is 4.98 Å². The van der Waals surface area contributed by atoms with Crippen LogP contribution in [0.2, 0.25) is 0 Å². The molecule has 3 aromatic rings. The van der Waals surface area contributed by atoms with Gasteiger partial charge in [-0.15, -0.1) is 22.7 Å². The van der Waals surface area contributed by atoms with Crippen LogP contribution in [0.4, 0.5) is 0 Å². The molecule has 6 heteroatoms. The van der Waals surface area contributed by atoms with Gasteiger partial charge in [0.1, 0.15) is 10.7 Å². The van der Waals surface area contributed by atoms with Gasteiger partial charge < -0.3 is 0 Å². The van der Waals surface area contributed by atoms with Crippen LogP contribution in [0.3, 0.4) is 0 Å². The van der Waals surface area contributed by atoms with Crippen LogP contribution in [-0.2, 0) is 6.54 Å². The number of carbonyl (C=O) groups excluding carboxylic acids is 1. The molecule has 21 heavy (non-hydrogen) atoms. The van der Waals surface area contributed by atoms with Gasteiger partial charge in [-0.05, 0) is 37.8 Å². The van der Waals surface area contributed by atoms with Crippen molar-refractivity contribution >= 4 is 38.7 Å². The Labute approximate surface area is 129 Å². The summed E-state index contributed by atoms with van der Waals surface area (Å²) in [6, 6.07) is 3.61. The molecule has 3 aromatic heterocycles. The molecule has 0 saturated carbocycles. The Morgan fingerprint density at radius 3 is 2.76 bits per heavy atom. The highest BCUT2D eigenvalue weighted by molar-refractivity contribution is 7.18. The zero-order valence-electron chi connectivity index (χ0n) is 12.0. The van der Waals surface area contributed by atoms with E-state index in [1.54, 1.807) is 13.0 Å². The van der Waals surface area contributed by atoms with Crippen molar-refractivity contribution in [3.63, 3.8) is 0 Å². The van der Waals surface area contributed by atoms with Gasteiger partial charge >= 0.3 is 0 Å². The number of aromatic nitrogens is 2. The number of fused-ring (bicyclic) bond motifs is 1. The quantitative estimate of drug-likeness (QED) is 0.696. The third-order valence-electron chi connectivity index (χ3n) is 3.58. The summed E-state index contributed by atoms with van der Waals surface area (Å²) in [6.07, 6.45) is 0. The smallest absolute Gasteiger partial charge is 0.262 e. The van der Waals surface area contributed by atoms with E-state index < -0.39 is 0 Å². The number of Topliss-reactive ketones (excluding diaryl/α,β-unsaturated/α-hetero) is 1. The van der Waals surface area contributed by atoms with Gasteiger partial charge in [0.25, 0.3) is 5.56 Å². The van der Waals surface area contributed by atoms with E-state index in [9.17, 15) is 9.59 Å². The Kier molecular flexibility index (Phi) is 3.51. The number of hydrogen-bond acceptors (Lipinski definition) is 5. The van der Waals surface area contributed by atoms with Crippen molar-refractivity contribution < 1.29 is 4.79 Å².